The number of nitrogens with zero attached hydrogens (tertiary/aromatic N) is 1. The highest BCUT2D eigenvalue weighted by molar-refractivity contribution is 6.05. The number of aryl methyl sites for hydroxylation is 1. The van der Waals surface area contributed by atoms with Crippen LogP contribution < -0.4 is 5.32 Å². The van der Waals surface area contributed by atoms with E-state index in [1.165, 1.54) is 6.07 Å². The first-order valence-electron chi connectivity index (χ1n) is 7.84. The first-order valence-corrected chi connectivity index (χ1v) is 7.84. The van der Waals surface area contributed by atoms with Gasteiger partial charge >= 0.3 is 6.18 Å². The molecular weight excluding hydrogens is 317 g/mol. The summed E-state index contributed by atoms with van der Waals surface area (Å²) < 4.78 is 38.7. The van der Waals surface area contributed by atoms with Crippen LogP contribution in [0, 0.1) is 0 Å². The summed E-state index contributed by atoms with van der Waals surface area (Å²) in [6.07, 6.45) is 0.679. The molecule has 1 aromatic heterocycles. The highest BCUT2D eigenvalue weighted by Crippen LogP contribution is 2.30. The van der Waals surface area contributed by atoms with Gasteiger partial charge in [-0.25, -0.2) is 0 Å². The van der Waals surface area contributed by atoms with Gasteiger partial charge in [0.25, 0.3) is 5.91 Å². The van der Waals surface area contributed by atoms with Crippen molar-refractivity contribution < 1.29 is 18.0 Å². The van der Waals surface area contributed by atoms with Gasteiger partial charge in [0.05, 0.1) is 5.56 Å². The van der Waals surface area contributed by atoms with Gasteiger partial charge in [0.1, 0.15) is 0 Å². The molecule has 0 unspecified atom stereocenters. The Bertz CT molecular complexity index is 681. The number of hydrogen-bond donors (Lipinski definition) is 1. The lowest BCUT2D eigenvalue weighted by molar-refractivity contribution is -0.141. The van der Waals surface area contributed by atoms with Crippen LogP contribution in [0.1, 0.15) is 47.8 Å². The number of alkyl halides is 3. The SMILES string of the molecule is CCCCCc1ccc(NC(=O)c2cccnc2C(F)(F)F)cc1. The van der Waals surface area contributed by atoms with E-state index in [4.69, 9.17) is 0 Å². The number of carbonyl (C=O) groups excluding carboxylic acids is 1. The summed E-state index contributed by atoms with van der Waals surface area (Å²) in [6.45, 7) is 2.13. The average Bonchev–Trinajstić information content (AvgIpc) is 2.56. The van der Waals surface area contributed by atoms with Gasteiger partial charge in [-0.2, -0.15) is 13.2 Å². The molecule has 1 amide bonds. The second kappa shape index (κ2) is 7.95. The minimum atomic E-state index is -4.67. The molecule has 1 aromatic carbocycles. The highest BCUT2D eigenvalue weighted by atomic mass is 19.4. The molecule has 0 atom stereocenters. The Morgan fingerprint density at radius 3 is 2.46 bits per heavy atom. The number of unbranched alkanes of at least 4 members (excludes halogenated alkanes) is 2. The number of halogens is 3. The van der Waals surface area contributed by atoms with Crippen molar-refractivity contribution in [2.45, 2.75) is 38.8 Å². The van der Waals surface area contributed by atoms with Gasteiger partial charge in [-0.1, -0.05) is 31.9 Å². The van der Waals surface area contributed by atoms with Crippen LogP contribution in [-0.4, -0.2) is 10.9 Å². The van der Waals surface area contributed by atoms with Crippen LogP contribution in [0.15, 0.2) is 42.6 Å². The molecule has 0 saturated heterocycles. The summed E-state index contributed by atoms with van der Waals surface area (Å²) in [6, 6.07) is 9.56. The highest BCUT2D eigenvalue weighted by Gasteiger charge is 2.36. The van der Waals surface area contributed by atoms with E-state index in [0.717, 1.165) is 43.5 Å². The number of aromatic nitrogens is 1. The topological polar surface area (TPSA) is 42.0 Å². The van der Waals surface area contributed by atoms with Crippen molar-refractivity contribution in [3.8, 4) is 0 Å². The maximum atomic E-state index is 12.9. The lowest BCUT2D eigenvalue weighted by Gasteiger charge is -2.12. The first kappa shape index (κ1) is 18.0. The van der Waals surface area contributed by atoms with Gasteiger partial charge in [-0.3, -0.25) is 9.78 Å². The van der Waals surface area contributed by atoms with Crippen LogP contribution >= 0.6 is 0 Å². The number of anilines is 1. The largest absolute Gasteiger partial charge is 0.434 e. The molecule has 0 radical (unpaired) electrons. The first-order chi connectivity index (χ1) is 11.4. The summed E-state index contributed by atoms with van der Waals surface area (Å²) in [7, 11) is 0. The Balaban J connectivity index is 2.08. The fourth-order valence-electron chi connectivity index (χ4n) is 2.35. The molecule has 1 heterocycles. The molecule has 6 heteroatoms. The fraction of sp³-hybridized carbons (Fsp3) is 0.333. The summed E-state index contributed by atoms with van der Waals surface area (Å²) in [5, 5.41) is 2.49. The Kier molecular flexibility index (Phi) is 5.95. The minimum absolute atomic E-state index is 0.455. The molecule has 0 fully saturated rings. The Morgan fingerprint density at radius 1 is 1.12 bits per heavy atom. The van der Waals surface area contributed by atoms with Gasteiger partial charge in [0.15, 0.2) is 5.69 Å². The Hall–Kier alpha value is -2.37. The summed E-state index contributed by atoms with van der Waals surface area (Å²) in [4.78, 5) is 15.4. The van der Waals surface area contributed by atoms with E-state index >= 15 is 0 Å². The summed E-state index contributed by atoms with van der Waals surface area (Å²) in [5.74, 6) is -0.825. The zero-order chi connectivity index (χ0) is 17.6. The molecule has 2 aromatic rings. The molecule has 0 saturated carbocycles. The summed E-state index contributed by atoms with van der Waals surface area (Å²) in [5.41, 5.74) is -0.0780. The zero-order valence-corrected chi connectivity index (χ0v) is 13.4. The monoisotopic (exact) mass is 336 g/mol. The van der Waals surface area contributed by atoms with Crippen LogP contribution in [0.3, 0.4) is 0 Å². The van der Waals surface area contributed by atoms with Gasteiger partial charge < -0.3 is 5.32 Å². The molecule has 0 spiro atoms. The number of carbonyl (C=O) groups is 1. The van der Waals surface area contributed by atoms with Crippen molar-refractivity contribution in [2.24, 2.45) is 0 Å². The number of amides is 1. The molecule has 24 heavy (non-hydrogen) atoms. The van der Waals surface area contributed by atoms with E-state index in [-0.39, 0.29) is 0 Å². The minimum Gasteiger partial charge on any atom is -0.322 e. The zero-order valence-electron chi connectivity index (χ0n) is 13.4. The number of hydrogen-bond acceptors (Lipinski definition) is 2. The number of rotatable bonds is 6. The molecule has 0 aliphatic carbocycles. The molecule has 3 nitrogen and oxygen atoms in total. The van der Waals surface area contributed by atoms with Crippen LogP contribution in [0.2, 0.25) is 0 Å². The average molecular weight is 336 g/mol. The van der Waals surface area contributed by atoms with Gasteiger partial charge in [0, 0.05) is 11.9 Å². The normalized spacial score (nSPS) is 11.3. The van der Waals surface area contributed by atoms with E-state index in [1.807, 2.05) is 12.1 Å². The molecule has 0 aliphatic rings. The molecule has 0 aliphatic heterocycles. The standard InChI is InChI=1S/C18H19F3N2O/c1-2-3-4-6-13-8-10-14(11-9-13)23-17(24)15-7-5-12-22-16(15)18(19,20)21/h5,7-12H,2-4,6H2,1H3,(H,23,24). The second-order valence-electron chi connectivity index (χ2n) is 5.51. The fourth-order valence-corrected chi connectivity index (χ4v) is 2.35. The van der Waals surface area contributed by atoms with E-state index < -0.39 is 23.3 Å². The van der Waals surface area contributed by atoms with Crippen LogP contribution in [-0.2, 0) is 12.6 Å². The third kappa shape index (κ3) is 4.81. The second-order valence-corrected chi connectivity index (χ2v) is 5.51. The number of nitrogens with one attached hydrogen (secondary N) is 1. The van der Waals surface area contributed by atoms with Crippen molar-refractivity contribution >= 4 is 11.6 Å². The number of pyridine rings is 1. The maximum Gasteiger partial charge on any atom is 0.434 e. The smallest absolute Gasteiger partial charge is 0.322 e. The predicted octanol–water partition coefficient (Wildman–Crippen LogP) is 5.09. The van der Waals surface area contributed by atoms with Crippen molar-refractivity contribution in [1.82, 2.24) is 4.98 Å². The Labute approximate surface area is 138 Å². The molecule has 2 rings (SSSR count). The third-order valence-corrected chi connectivity index (χ3v) is 3.60. The molecule has 0 bridgehead atoms. The lowest BCUT2D eigenvalue weighted by atomic mass is 10.1. The quantitative estimate of drug-likeness (QED) is 0.747. The van der Waals surface area contributed by atoms with Crippen molar-refractivity contribution in [1.29, 1.82) is 0 Å². The van der Waals surface area contributed by atoms with Gasteiger partial charge in [-0.15, -0.1) is 0 Å². The van der Waals surface area contributed by atoms with E-state index in [0.29, 0.717) is 5.69 Å². The molecular formula is C18H19F3N2O. The molecule has 1 N–H and O–H groups in total. The molecule has 128 valence electrons. The van der Waals surface area contributed by atoms with E-state index in [2.05, 4.69) is 17.2 Å². The van der Waals surface area contributed by atoms with E-state index in [9.17, 15) is 18.0 Å². The van der Waals surface area contributed by atoms with Crippen LogP contribution in [0.5, 0.6) is 0 Å². The van der Waals surface area contributed by atoms with Gasteiger partial charge in [-0.05, 0) is 42.7 Å². The van der Waals surface area contributed by atoms with E-state index in [1.54, 1.807) is 12.1 Å². The van der Waals surface area contributed by atoms with Crippen molar-refractivity contribution in [3.05, 3.63) is 59.4 Å². The van der Waals surface area contributed by atoms with Crippen LogP contribution in [0.4, 0.5) is 18.9 Å². The maximum absolute atomic E-state index is 12.9. The summed E-state index contributed by atoms with van der Waals surface area (Å²) >= 11 is 0. The van der Waals surface area contributed by atoms with Crippen molar-refractivity contribution in [2.75, 3.05) is 5.32 Å². The lowest BCUT2D eigenvalue weighted by Crippen LogP contribution is -2.20. The Morgan fingerprint density at radius 2 is 1.83 bits per heavy atom. The van der Waals surface area contributed by atoms with Crippen LogP contribution in [0.25, 0.3) is 0 Å². The number of benzene rings is 1. The van der Waals surface area contributed by atoms with Gasteiger partial charge in [0.2, 0.25) is 0 Å². The van der Waals surface area contributed by atoms with Crippen molar-refractivity contribution in [3.63, 3.8) is 0 Å². The third-order valence-electron chi connectivity index (χ3n) is 3.60. The predicted molar refractivity (Wildman–Crippen MR) is 86.9 cm³/mol.